The number of aromatic nitrogens is 2. The highest BCUT2D eigenvalue weighted by atomic mass is 16.6. The Balaban J connectivity index is 1.66. The van der Waals surface area contributed by atoms with E-state index in [4.69, 9.17) is 15.0 Å². The monoisotopic (exact) mass is 494 g/mol. The summed E-state index contributed by atoms with van der Waals surface area (Å²) in [6.07, 6.45) is 0.391. The summed E-state index contributed by atoms with van der Waals surface area (Å²) in [7, 11) is 0. The number of nitrogens with two attached hydrogens (primary N) is 1. The fraction of sp³-hybridized carbons (Fsp3) is 0.207. The average Bonchev–Trinajstić information content (AvgIpc) is 3.40. The molecular weight excluding hydrogens is 468 g/mol. The number of cyclic esters (lactones) is 1. The molecule has 0 radical (unpaired) electrons. The maximum Gasteiger partial charge on any atom is 0.414 e. The number of benzene rings is 3. The first-order valence-electron chi connectivity index (χ1n) is 12.2. The molecule has 186 valence electrons. The highest BCUT2D eigenvalue weighted by Crippen LogP contribution is 2.39. The quantitative estimate of drug-likeness (QED) is 0.344. The number of rotatable bonds is 5. The molecule has 2 amide bonds. The molecule has 0 unspecified atom stereocenters. The van der Waals surface area contributed by atoms with Gasteiger partial charge in [-0.25, -0.2) is 4.79 Å². The lowest BCUT2D eigenvalue weighted by molar-refractivity contribution is 0.100. The zero-order chi connectivity index (χ0) is 25.7. The van der Waals surface area contributed by atoms with Crippen LogP contribution in [0.15, 0.2) is 65.2 Å². The molecule has 8 nitrogen and oxygen atoms in total. The summed E-state index contributed by atoms with van der Waals surface area (Å²) in [6, 6.07) is 19.9. The zero-order valence-electron chi connectivity index (χ0n) is 20.7. The highest BCUT2D eigenvalue weighted by molar-refractivity contribution is 6.19. The number of fused-ring (bicyclic) bond motifs is 3. The molecule has 0 bridgehead atoms. The number of anilines is 1. The van der Waals surface area contributed by atoms with E-state index in [9.17, 15) is 9.59 Å². The van der Waals surface area contributed by atoms with Crippen LogP contribution in [-0.4, -0.2) is 34.9 Å². The Bertz CT molecular complexity index is 1660. The molecule has 3 aromatic carbocycles. The van der Waals surface area contributed by atoms with E-state index in [0.29, 0.717) is 31.0 Å². The second kappa shape index (κ2) is 8.81. The Morgan fingerprint density at radius 3 is 2.57 bits per heavy atom. The van der Waals surface area contributed by atoms with Gasteiger partial charge in [-0.3, -0.25) is 9.69 Å². The van der Waals surface area contributed by atoms with Gasteiger partial charge in [0.1, 0.15) is 5.76 Å². The van der Waals surface area contributed by atoms with Crippen LogP contribution in [-0.2, 0) is 11.3 Å². The lowest BCUT2D eigenvalue weighted by Gasteiger charge is -2.26. The van der Waals surface area contributed by atoms with Gasteiger partial charge in [0.15, 0.2) is 0 Å². The maximum atomic E-state index is 12.8. The number of nitrogens with zero attached hydrogens (tertiary/aromatic N) is 3. The molecule has 6 rings (SSSR count). The van der Waals surface area contributed by atoms with Gasteiger partial charge in [-0.15, -0.1) is 0 Å². The third-order valence-electron chi connectivity index (χ3n) is 7.00. The molecule has 37 heavy (non-hydrogen) atoms. The number of ether oxygens (including phenoxy) is 1. The number of hydrogen-bond acceptors (Lipinski definition) is 5. The van der Waals surface area contributed by atoms with Gasteiger partial charge in [-0.1, -0.05) is 35.5 Å². The molecule has 1 fully saturated rings. The number of aryl methyl sites for hydroxylation is 2. The van der Waals surface area contributed by atoms with Crippen molar-refractivity contribution in [2.45, 2.75) is 26.8 Å². The SMILES string of the molecule is Cc1noc(C)c1-c1cc(C(N)=O)c2c3cc(N4CCCOC4=O)ccc3n(Cc3ccccc3)c2c1. The molecule has 1 saturated heterocycles. The largest absolute Gasteiger partial charge is 0.449 e. The molecule has 2 aromatic heterocycles. The minimum Gasteiger partial charge on any atom is -0.449 e. The van der Waals surface area contributed by atoms with Crippen molar-refractivity contribution < 1.29 is 18.8 Å². The van der Waals surface area contributed by atoms with Crippen molar-refractivity contribution in [3.05, 3.63) is 83.2 Å². The van der Waals surface area contributed by atoms with E-state index >= 15 is 0 Å². The van der Waals surface area contributed by atoms with E-state index in [0.717, 1.165) is 56.3 Å². The minimum absolute atomic E-state index is 0.366. The van der Waals surface area contributed by atoms with Crippen LogP contribution >= 0.6 is 0 Å². The molecule has 2 N–H and O–H groups in total. The third kappa shape index (κ3) is 3.81. The first-order valence-corrected chi connectivity index (χ1v) is 12.2. The fourth-order valence-electron chi connectivity index (χ4n) is 5.34. The smallest absolute Gasteiger partial charge is 0.414 e. The summed E-state index contributed by atoms with van der Waals surface area (Å²) < 4.78 is 12.9. The van der Waals surface area contributed by atoms with Gasteiger partial charge >= 0.3 is 6.09 Å². The molecule has 8 heteroatoms. The fourth-order valence-corrected chi connectivity index (χ4v) is 5.34. The number of carbonyl (C=O) groups excluding carboxylic acids is 2. The first kappa shape index (κ1) is 22.8. The molecule has 5 aromatic rings. The Hall–Kier alpha value is -4.59. The predicted molar refractivity (Wildman–Crippen MR) is 142 cm³/mol. The van der Waals surface area contributed by atoms with Crippen LogP contribution in [0.2, 0.25) is 0 Å². The average molecular weight is 495 g/mol. The van der Waals surface area contributed by atoms with Gasteiger partial charge in [0.05, 0.1) is 17.8 Å². The van der Waals surface area contributed by atoms with Crippen LogP contribution in [0.5, 0.6) is 0 Å². The molecule has 1 aliphatic heterocycles. The Labute approximate surface area is 213 Å². The van der Waals surface area contributed by atoms with Crippen molar-refractivity contribution in [3.8, 4) is 11.1 Å². The molecule has 0 saturated carbocycles. The number of primary amides is 1. The predicted octanol–water partition coefficient (Wildman–Crippen LogP) is 5.56. The molecule has 0 aliphatic carbocycles. The second-order valence-corrected chi connectivity index (χ2v) is 9.37. The molecule has 3 heterocycles. The van der Waals surface area contributed by atoms with Crippen molar-refractivity contribution in [1.82, 2.24) is 9.72 Å². The van der Waals surface area contributed by atoms with Crippen molar-refractivity contribution in [3.63, 3.8) is 0 Å². The van der Waals surface area contributed by atoms with Crippen LogP contribution in [0.3, 0.4) is 0 Å². The van der Waals surface area contributed by atoms with Gasteiger partial charge in [0.25, 0.3) is 0 Å². The summed E-state index contributed by atoms with van der Waals surface area (Å²) in [6.45, 7) is 5.32. The highest BCUT2D eigenvalue weighted by Gasteiger charge is 2.25. The second-order valence-electron chi connectivity index (χ2n) is 9.37. The maximum absolute atomic E-state index is 12.8. The zero-order valence-corrected chi connectivity index (χ0v) is 20.7. The van der Waals surface area contributed by atoms with Gasteiger partial charge in [-0.05, 0) is 61.7 Å². The summed E-state index contributed by atoms with van der Waals surface area (Å²) in [5.74, 6) is 0.143. The van der Waals surface area contributed by atoms with Crippen molar-refractivity contribution in [2.24, 2.45) is 5.73 Å². The minimum atomic E-state index is -0.528. The van der Waals surface area contributed by atoms with Crippen LogP contribution in [0.4, 0.5) is 10.5 Å². The van der Waals surface area contributed by atoms with Crippen molar-refractivity contribution in [2.75, 3.05) is 18.1 Å². The topological polar surface area (TPSA) is 104 Å². The summed E-state index contributed by atoms with van der Waals surface area (Å²) >= 11 is 0. The Kier molecular flexibility index (Phi) is 5.44. The summed E-state index contributed by atoms with van der Waals surface area (Å²) in [5.41, 5.74) is 12.4. The van der Waals surface area contributed by atoms with Crippen LogP contribution < -0.4 is 10.6 Å². The number of hydrogen-bond donors (Lipinski definition) is 1. The van der Waals surface area contributed by atoms with Crippen LogP contribution in [0.25, 0.3) is 32.9 Å². The Morgan fingerprint density at radius 2 is 1.86 bits per heavy atom. The third-order valence-corrected chi connectivity index (χ3v) is 7.00. The van der Waals surface area contributed by atoms with Crippen molar-refractivity contribution >= 4 is 39.5 Å². The number of carbonyl (C=O) groups is 2. The van der Waals surface area contributed by atoms with Gasteiger partial charge in [0.2, 0.25) is 5.91 Å². The van der Waals surface area contributed by atoms with E-state index < -0.39 is 5.91 Å². The lowest BCUT2D eigenvalue weighted by atomic mass is 9.97. The van der Waals surface area contributed by atoms with E-state index in [1.807, 2.05) is 56.3 Å². The summed E-state index contributed by atoms with van der Waals surface area (Å²) in [5, 5.41) is 5.70. The van der Waals surface area contributed by atoms with E-state index in [-0.39, 0.29) is 6.09 Å². The van der Waals surface area contributed by atoms with E-state index in [2.05, 4.69) is 27.9 Å². The molecular formula is C29H26N4O4. The van der Waals surface area contributed by atoms with Gasteiger partial charge in [0, 0.05) is 46.2 Å². The normalized spacial score (nSPS) is 13.9. The van der Waals surface area contributed by atoms with Gasteiger partial charge in [-0.2, -0.15) is 0 Å². The lowest BCUT2D eigenvalue weighted by Crippen LogP contribution is -2.37. The standard InChI is InChI=1S/C29H26N4O4/c1-17-26(18(2)37-31-17)20-13-23(28(30)34)27-22-15-21(32-11-6-12-36-29(32)35)9-10-24(22)33(25(27)14-20)16-19-7-4-3-5-8-19/h3-5,7-10,13-15H,6,11-12,16H2,1-2H3,(H2,30,34). The molecule has 1 aliphatic rings. The van der Waals surface area contributed by atoms with E-state index in [1.165, 1.54) is 0 Å². The van der Waals surface area contributed by atoms with Gasteiger partial charge < -0.3 is 19.6 Å². The number of amides is 2. The molecule has 0 spiro atoms. The molecule has 0 atom stereocenters. The Morgan fingerprint density at radius 1 is 1.05 bits per heavy atom. The summed E-state index contributed by atoms with van der Waals surface area (Å²) in [4.78, 5) is 26.9. The van der Waals surface area contributed by atoms with Crippen LogP contribution in [0, 0.1) is 13.8 Å². The van der Waals surface area contributed by atoms with Crippen molar-refractivity contribution in [1.29, 1.82) is 0 Å². The first-order chi connectivity index (χ1) is 17.9. The van der Waals surface area contributed by atoms with Crippen LogP contribution in [0.1, 0.15) is 33.8 Å². The van der Waals surface area contributed by atoms with E-state index in [1.54, 1.807) is 4.90 Å².